The van der Waals surface area contributed by atoms with Crippen LogP contribution in [0, 0.1) is 0 Å². The van der Waals surface area contributed by atoms with E-state index >= 15 is 0 Å². The van der Waals surface area contributed by atoms with Crippen molar-refractivity contribution in [2.45, 2.75) is 60.3 Å². The quantitative estimate of drug-likeness (QED) is 0.368. The van der Waals surface area contributed by atoms with E-state index in [1.807, 2.05) is 0 Å². The zero-order valence-electron chi connectivity index (χ0n) is 9.22. The van der Waals surface area contributed by atoms with Gasteiger partial charge in [-0.3, -0.25) is 0 Å². The Hall–Kier alpha value is -0.210. The van der Waals surface area contributed by atoms with Gasteiger partial charge < -0.3 is 8.39 Å². The van der Waals surface area contributed by atoms with E-state index < -0.39 is 21.3 Å². The normalized spacial score (nSPS) is 12.6. The van der Waals surface area contributed by atoms with Crippen LogP contribution in [-0.4, -0.2) is 15.0 Å². The lowest BCUT2D eigenvalue weighted by Gasteiger charge is -2.05. The molecule has 0 atom stereocenters. The van der Waals surface area contributed by atoms with E-state index in [9.17, 15) is 16.5 Å². The average Bonchev–Trinajstić information content (AvgIpc) is 2.13. The first kappa shape index (κ1) is 22.9. The van der Waals surface area contributed by atoms with Gasteiger partial charge in [-0.25, -0.2) is 3.77 Å². The van der Waals surface area contributed by atoms with E-state index in [1.54, 1.807) is 0 Å². The Balaban J connectivity index is -0.00000112. The van der Waals surface area contributed by atoms with Crippen molar-refractivity contribution in [3.05, 3.63) is 0 Å². The van der Waals surface area contributed by atoms with Gasteiger partial charge in [-0.2, -0.15) is 8.42 Å². The second kappa shape index (κ2) is 13.2. The molecule has 5 nitrogen and oxygen atoms in total. The van der Waals surface area contributed by atoms with Gasteiger partial charge in [0, 0.05) is 6.61 Å². The molecule has 0 fully saturated rings. The highest BCUT2D eigenvalue weighted by molar-refractivity contribution is 7.91. The van der Waals surface area contributed by atoms with Crippen molar-refractivity contribution in [1.29, 1.82) is 0 Å². The maximum Gasteiger partial charge on any atom is 0.397 e. The summed E-state index contributed by atoms with van der Waals surface area (Å²) in [6, 6.07) is 0. The van der Waals surface area contributed by atoms with Gasteiger partial charge in [-0.15, -0.1) is 0 Å². The second-order valence-corrected chi connectivity index (χ2v) is 5.38. The summed E-state index contributed by atoms with van der Waals surface area (Å²) in [6.07, 6.45) is 6.12. The van der Waals surface area contributed by atoms with Gasteiger partial charge in [-0.05, 0) is 17.3 Å². The van der Waals surface area contributed by atoms with Crippen molar-refractivity contribution >= 4 is 21.3 Å². The molecule has 18 heavy (non-hydrogen) atoms. The molecule has 0 aromatic heterocycles. The van der Waals surface area contributed by atoms with Crippen molar-refractivity contribution in [3.8, 4) is 0 Å². The lowest BCUT2D eigenvalue weighted by Crippen LogP contribution is -1.94. The molecule has 0 rings (SSSR count). The number of unbranched alkanes of at least 4 members (excludes halogenated alkanes) is 5. The number of halogens is 1. The average molecular weight is 306 g/mol. The Morgan fingerprint density at radius 1 is 1.11 bits per heavy atom. The van der Waals surface area contributed by atoms with Gasteiger partial charge in [0.2, 0.25) is 0 Å². The summed E-state index contributed by atoms with van der Waals surface area (Å²) >= 11 is 0. The fourth-order valence-corrected chi connectivity index (χ4v) is 2.12. The van der Waals surface area contributed by atoms with Gasteiger partial charge in [0.15, 0.2) is 0 Å². The molecule has 0 spiro atoms. The molecule has 0 aromatic rings. The molecule has 0 bridgehead atoms. The molecule has 0 aromatic carbocycles. The first-order valence-corrected chi connectivity index (χ1v) is 7.55. The van der Waals surface area contributed by atoms with Crippen molar-refractivity contribution in [2.24, 2.45) is 3.77 Å². The standard InChI is InChI=1S/C8H17FNO4S2.2CH4/c1-2-3-4-5-6-7-8-14-15(11)10-16(9,12)13;;/h2-8H2,1H3;2*1H4/q-1;;. The fraction of sp³-hybridized carbons (Fsp3) is 1.00. The summed E-state index contributed by atoms with van der Waals surface area (Å²) < 4.78 is 49.3. The van der Waals surface area contributed by atoms with Gasteiger partial charge in [0.05, 0.1) is 0 Å². The van der Waals surface area contributed by atoms with Crippen LogP contribution in [-0.2, 0) is 29.7 Å². The third-order valence-corrected chi connectivity index (χ3v) is 3.40. The Morgan fingerprint density at radius 2 is 1.61 bits per heavy atom. The van der Waals surface area contributed by atoms with Crippen molar-refractivity contribution in [3.63, 3.8) is 0 Å². The third-order valence-electron chi connectivity index (χ3n) is 1.83. The van der Waals surface area contributed by atoms with Crippen molar-refractivity contribution in [2.75, 3.05) is 6.61 Å². The zero-order chi connectivity index (χ0) is 12.4. The van der Waals surface area contributed by atoms with Crippen LogP contribution in [0.3, 0.4) is 0 Å². The first-order valence-electron chi connectivity index (χ1n) is 5.18. The molecule has 0 saturated carbocycles. The zero-order valence-corrected chi connectivity index (χ0v) is 10.9. The number of rotatable bonds is 9. The molecule has 0 heterocycles. The minimum absolute atomic E-state index is 0. The van der Waals surface area contributed by atoms with E-state index in [0.717, 1.165) is 25.7 Å². The Morgan fingerprint density at radius 3 is 2.11 bits per heavy atom. The van der Waals surface area contributed by atoms with Gasteiger partial charge in [0.1, 0.15) is 0 Å². The van der Waals surface area contributed by atoms with Crippen LogP contribution >= 0.6 is 0 Å². The van der Waals surface area contributed by atoms with E-state index in [2.05, 4.69) is 14.9 Å². The lowest BCUT2D eigenvalue weighted by atomic mass is 10.1. The highest BCUT2D eigenvalue weighted by atomic mass is 32.3. The van der Waals surface area contributed by atoms with Crippen molar-refractivity contribution in [1.82, 2.24) is 0 Å². The maximum atomic E-state index is 11.9. The molecular weight excluding hydrogens is 281 g/mol. The first-order chi connectivity index (χ1) is 7.45. The van der Waals surface area contributed by atoms with Gasteiger partial charge in [0.25, 0.3) is 0 Å². The number of hydrogen-bond acceptors (Lipinski definition) is 5. The van der Waals surface area contributed by atoms with Gasteiger partial charge in [-0.1, -0.05) is 57.8 Å². The topological polar surface area (TPSA) is 72.8 Å². The molecule has 0 amide bonds. The molecule has 0 N–H and O–H groups in total. The molecule has 0 aliphatic rings. The van der Waals surface area contributed by atoms with Crippen LogP contribution < -0.4 is 0 Å². The predicted molar refractivity (Wildman–Crippen MR) is 73.3 cm³/mol. The highest BCUT2D eigenvalue weighted by Gasteiger charge is 1.95. The molecule has 0 unspecified atom stereocenters. The molecule has 0 aliphatic carbocycles. The molecular formula is C10H25FNO4S2-. The van der Waals surface area contributed by atoms with Crippen LogP contribution in [0.25, 0.3) is 0 Å². The second-order valence-electron chi connectivity index (χ2n) is 3.29. The van der Waals surface area contributed by atoms with Crippen LogP contribution in [0.4, 0.5) is 3.89 Å². The Bertz CT molecular complexity index is 351. The summed E-state index contributed by atoms with van der Waals surface area (Å²) in [5.74, 6) is 0. The SMILES string of the molecule is C.C.CCCCCCCCO[S-](=O)=NS(=O)(=O)F. The van der Waals surface area contributed by atoms with E-state index in [1.165, 1.54) is 6.42 Å². The summed E-state index contributed by atoms with van der Waals surface area (Å²) in [4.78, 5) is 0. The largest absolute Gasteiger partial charge is 0.438 e. The van der Waals surface area contributed by atoms with Crippen LogP contribution in [0.15, 0.2) is 3.77 Å². The number of nitrogens with zero attached hydrogens (tertiary/aromatic N) is 1. The van der Waals surface area contributed by atoms with E-state index in [4.69, 9.17) is 0 Å². The number of hydrogen-bond donors (Lipinski definition) is 0. The maximum absolute atomic E-state index is 11.9. The molecule has 114 valence electrons. The van der Waals surface area contributed by atoms with E-state index in [0.29, 0.717) is 6.42 Å². The predicted octanol–water partition coefficient (Wildman–Crippen LogP) is 3.91. The lowest BCUT2D eigenvalue weighted by molar-refractivity contribution is 0.331. The van der Waals surface area contributed by atoms with Gasteiger partial charge >= 0.3 is 10.4 Å². The summed E-state index contributed by atoms with van der Waals surface area (Å²) in [5, 5.41) is 0. The summed E-state index contributed by atoms with van der Waals surface area (Å²) in [7, 11) is -7.51. The fourth-order valence-electron chi connectivity index (χ4n) is 1.11. The molecule has 0 radical (unpaired) electrons. The highest BCUT2D eigenvalue weighted by Crippen LogP contribution is 2.05. The monoisotopic (exact) mass is 306 g/mol. The minimum atomic E-state index is -5.08. The Labute approximate surface area is 113 Å². The molecule has 0 aliphatic heterocycles. The third kappa shape index (κ3) is 18.2. The smallest absolute Gasteiger partial charge is 0.397 e. The molecule has 8 heteroatoms. The van der Waals surface area contributed by atoms with E-state index in [-0.39, 0.29) is 21.5 Å². The van der Waals surface area contributed by atoms with Crippen LogP contribution in [0.1, 0.15) is 60.3 Å². The van der Waals surface area contributed by atoms with Crippen LogP contribution in [0.5, 0.6) is 0 Å². The Kier molecular flexibility index (Phi) is 16.8. The van der Waals surface area contributed by atoms with Crippen LogP contribution in [0.2, 0.25) is 0 Å². The summed E-state index contributed by atoms with van der Waals surface area (Å²) in [6.45, 7) is 2.24. The molecule has 0 saturated heterocycles. The summed E-state index contributed by atoms with van der Waals surface area (Å²) in [5.41, 5.74) is 0. The minimum Gasteiger partial charge on any atom is -0.438 e. The van der Waals surface area contributed by atoms with Crippen molar-refractivity contribution < 1.29 is 20.7 Å².